The van der Waals surface area contributed by atoms with Crippen LogP contribution < -0.4 is 10.6 Å². The second-order valence-corrected chi connectivity index (χ2v) is 4.87. The molecule has 0 radical (unpaired) electrons. The lowest BCUT2D eigenvalue weighted by Gasteiger charge is -2.20. The average molecular weight is 248 g/mol. The summed E-state index contributed by atoms with van der Waals surface area (Å²) in [5.41, 5.74) is 4.25. The van der Waals surface area contributed by atoms with E-state index in [1.54, 1.807) is 0 Å². The molecule has 0 aromatic heterocycles. The van der Waals surface area contributed by atoms with Gasteiger partial charge in [-0.3, -0.25) is 0 Å². The van der Waals surface area contributed by atoms with Crippen molar-refractivity contribution in [2.24, 2.45) is 5.92 Å². The molecule has 0 heterocycles. The molecule has 18 heavy (non-hydrogen) atoms. The van der Waals surface area contributed by atoms with Crippen molar-refractivity contribution in [3.05, 3.63) is 29.3 Å². The van der Waals surface area contributed by atoms with E-state index in [9.17, 15) is 0 Å². The molecular weight excluding hydrogens is 220 g/mol. The zero-order chi connectivity index (χ0) is 13.4. The third-order valence-electron chi connectivity index (χ3n) is 3.64. The van der Waals surface area contributed by atoms with Gasteiger partial charge in [-0.1, -0.05) is 45.4 Å². The van der Waals surface area contributed by atoms with Gasteiger partial charge in [-0.15, -0.1) is 0 Å². The minimum absolute atomic E-state index is 0.699. The summed E-state index contributed by atoms with van der Waals surface area (Å²) < 4.78 is 0. The number of para-hydroxylation sites is 1. The molecule has 2 heteroatoms. The zero-order valence-electron chi connectivity index (χ0n) is 12.3. The Morgan fingerprint density at radius 1 is 1.00 bits per heavy atom. The molecule has 0 saturated heterocycles. The Morgan fingerprint density at radius 3 is 2.06 bits per heavy atom. The smallest absolute Gasteiger partial charge is 0.0405 e. The molecule has 1 unspecified atom stereocenters. The van der Waals surface area contributed by atoms with Crippen molar-refractivity contribution >= 4 is 5.69 Å². The fourth-order valence-electron chi connectivity index (χ4n) is 2.37. The van der Waals surface area contributed by atoms with Gasteiger partial charge in [0.1, 0.15) is 0 Å². The second-order valence-electron chi connectivity index (χ2n) is 4.87. The van der Waals surface area contributed by atoms with Crippen LogP contribution in [-0.4, -0.2) is 20.1 Å². The molecule has 1 atom stereocenters. The number of rotatable bonds is 8. The van der Waals surface area contributed by atoms with E-state index in [0.29, 0.717) is 5.92 Å². The summed E-state index contributed by atoms with van der Waals surface area (Å²) in [7, 11) is 2.03. The molecule has 1 aromatic rings. The highest BCUT2D eigenvalue weighted by Crippen LogP contribution is 2.23. The van der Waals surface area contributed by atoms with Gasteiger partial charge >= 0.3 is 0 Å². The van der Waals surface area contributed by atoms with Crippen molar-refractivity contribution < 1.29 is 0 Å². The highest BCUT2D eigenvalue weighted by atomic mass is 14.9. The maximum absolute atomic E-state index is 3.68. The van der Waals surface area contributed by atoms with Crippen LogP contribution >= 0.6 is 0 Å². The summed E-state index contributed by atoms with van der Waals surface area (Å²) in [5.74, 6) is 0.699. The average Bonchev–Trinajstić information content (AvgIpc) is 2.42. The summed E-state index contributed by atoms with van der Waals surface area (Å²) >= 11 is 0. The van der Waals surface area contributed by atoms with Gasteiger partial charge in [0.2, 0.25) is 0 Å². The van der Waals surface area contributed by atoms with E-state index in [2.05, 4.69) is 49.6 Å². The number of aryl methyl sites for hydroxylation is 2. The third kappa shape index (κ3) is 4.02. The molecule has 0 spiro atoms. The van der Waals surface area contributed by atoms with E-state index in [0.717, 1.165) is 25.9 Å². The van der Waals surface area contributed by atoms with E-state index in [-0.39, 0.29) is 0 Å². The lowest BCUT2D eigenvalue weighted by atomic mass is 10.0. The van der Waals surface area contributed by atoms with Gasteiger partial charge in [0.15, 0.2) is 0 Å². The fourth-order valence-corrected chi connectivity index (χ4v) is 2.37. The minimum Gasteiger partial charge on any atom is -0.384 e. The van der Waals surface area contributed by atoms with Crippen molar-refractivity contribution in [2.75, 3.05) is 25.5 Å². The van der Waals surface area contributed by atoms with Gasteiger partial charge in [0.25, 0.3) is 0 Å². The fraction of sp³-hybridized carbons (Fsp3) is 0.625. The number of nitrogens with one attached hydrogen (secondary N) is 2. The van der Waals surface area contributed by atoms with Gasteiger partial charge in [-0.25, -0.2) is 0 Å². The van der Waals surface area contributed by atoms with Gasteiger partial charge in [0.05, 0.1) is 0 Å². The lowest BCUT2D eigenvalue weighted by Crippen LogP contribution is -2.25. The lowest BCUT2D eigenvalue weighted by molar-refractivity contribution is 0.506. The van der Waals surface area contributed by atoms with Crippen molar-refractivity contribution in [3.8, 4) is 0 Å². The monoisotopic (exact) mass is 248 g/mol. The van der Waals surface area contributed by atoms with E-state index >= 15 is 0 Å². The number of hydrogen-bond acceptors (Lipinski definition) is 2. The Morgan fingerprint density at radius 2 is 1.61 bits per heavy atom. The first-order valence-electron chi connectivity index (χ1n) is 7.25. The van der Waals surface area contributed by atoms with E-state index in [1.807, 2.05) is 7.05 Å². The molecule has 0 aliphatic rings. The summed E-state index contributed by atoms with van der Waals surface area (Å²) in [6.45, 7) is 8.85. The molecule has 0 saturated carbocycles. The molecule has 2 N–H and O–H groups in total. The van der Waals surface area contributed by atoms with Crippen molar-refractivity contribution in [2.45, 2.75) is 40.0 Å². The Hall–Kier alpha value is -1.02. The minimum atomic E-state index is 0.699. The van der Waals surface area contributed by atoms with Crippen molar-refractivity contribution in [3.63, 3.8) is 0 Å². The highest BCUT2D eigenvalue weighted by molar-refractivity contribution is 5.57. The van der Waals surface area contributed by atoms with Crippen LogP contribution in [0.4, 0.5) is 5.69 Å². The van der Waals surface area contributed by atoms with Crippen LogP contribution in [0.3, 0.4) is 0 Å². The standard InChI is InChI=1S/C16H28N2/c1-5-13(11-17-4)12-18-16-14(6-2)9-8-10-15(16)7-3/h8-10,13,17-18H,5-7,11-12H2,1-4H3. The van der Waals surface area contributed by atoms with Crippen molar-refractivity contribution in [1.82, 2.24) is 5.32 Å². The summed E-state index contributed by atoms with van der Waals surface area (Å²) in [4.78, 5) is 0. The molecule has 0 fully saturated rings. The Kier molecular flexibility index (Phi) is 6.81. The maximum Gasteiger partial charge on any atom is 0.0405 e. The van der Waals surface area contributed by atoms with Crippen LogP contribution in [0.25, 0.3) is 0 Å². The number of anilines is 1. The maximum atomic E-state index is 3.68. The normalized spacial score (nSPS) is 12.4. The molecule has 0 amide bonds. The number of hydrogen-bond donors (Lipinski definition) is 2. The van der Waals surface area contributed by atoms with E-state index in [1.165, 1.54) is 23.2 Å². The first kappa shape index (κ1) is 15.0. The summed E-state index contributed by atoms with van der Waals surface area (Å²) in [6, 6.07) is 6.65. The molecule has 0 aliphatic heterocycles. The van der Waals surface area contributed by atoms with Crippen LogP contribution in [0.5, 0.6) is 0 Å². The van der Waals surface area contributed by atoms with Crippen LogP contribution in [0.15, 0.2) is 18.2 Å². The Labute approximate surface area is 112 Å². The predicted octanol–water partition coefficient (Wildman–Crippen LogP) is 3.47. The molecule has 0 aliphatic carbocycles. The quantitative estimate of drug-likeness (QED) is 0.736. The largest absolute Gasteiger partial charge is 0.384 e. The SMILES string of the molecule is CCc1cccc(CC)c1NCC(CC)CNC. The van der Waals surface area contributed by atoms with E-state index in [4.69, 9.17) is 0 Å². The first-order valence-corrected chi connectivity index (χ1v) is 7.25. The van der Waals surface area contributed by atoms with Crippen LogP contribution in [0, 0.1) is 5.92 Å². The summed E-state index contributed by atoms with van der Waals surface area (Å²) in [6.07, 6.45) is 3.40. The summed E-state index contributed by atoms with van der Waals surface area (Å²) in [5, 5.41) is 6.95. The van der Waals surface area contributed by atoms with Crippen LogP contribution in [0.1, 0.15) is 38.3 Å². The van der Waals surface area contributed by atoms with E-state index < -0.39 is 0 Å². The van der Waals surface area contributed by atoms with Crippen LogP contribution in [-0.2, 0) is 12.8 Å². The van der Waals surface area contributed by atoms with Crippen LogP contribution in [0.2, 0.25) is 0 Å². The van der Waals surface area contributed by atoms with Gasteiger partial charge in [-0.05, 0) is 43.5 Å². The third-order valence-corrected chi connectivity index (χ3v) is 3.64. The Balaban J connectivity index is 2.75. The van der Waals surface area contributed by atoms with Crippen molar-refractivity contribution in [1.29, 1.82) is 0 Å². The van der Waals surface area contributed by atoms with Gasteiger partial charge < -0.3 is 10.6 Å². The first-order chi connectivity index (χ1) is 8.76. The zero-order valence-corrected chi connectivity index (χ0v) is 12.3. The topological polar surface area (TPSA) is 24.1 Å². The van der Waals surface area contributed by atoms with Gasteiger partial charge in [-0.2, -0.15) is 0 Å². The molecule has 0 bridgehead atoms. The molecular formula is C16H28N2. The second kappa shape index (κ2) is 8.15. The predicted molar refractivity (Wildman–Crippen MR) is 81.4 cm³/mol. The van der Waals surface area contributed by atoms with Gasteiger partial charge in [0, 0.05) is 12.2 Å². The highest BCUT2D eigenvalue weighted by Gasteiger charge is 2.09. The molecule has 1 rings (SSSR count). The molecule has 1 aromatic carbocycles. The molecule has 102 valence electrons. The number of benzene rings is 1. The molecule has 2 nitrogen and oxygen atoms in total. The Bertz CT molecular complexity index is 325.